The zero-order chi connectivity index (χ0) is 28.9. The maximum atomic E-state index is 12.5. The van der Waals surface area contributed by atoms with E-state index in [1.807, 2.05) is 54.6 Å². The molecule has 1 aromatic heterocycles. The molecule has 0 bridgehead atoms. The third-order valence-corrected chi connectivity index (χ3v) is 8.39. The number of anilines is 2. The molecule has 0 saturated carbocycles. The molecule has 1 aliphatic rings. The lowest BCUT2D eigenvalue weighted by Gasteiger charge is -2.31. The lowest BCUT2D eigenvalue weighted by molar-refractivity contribution is -0.115. The SMILES string of the molecule is CCN(CC)CCNC(=O)c1cccc(COCCC2CCN(c3nnc(NC(=O)Cc4ccccc4)s3)CC2)c1. The van der Waals surface area contributed by atoms with E-state index >= 15 is 0 Å². The molecular formula is C31H42N6O3S. The number of amides is 2. The normalized spacial score (nSPS) is 13.9. The first-order valence-electron chi connectivity index (χ1n) is 14.6. The van der Waals surface area contributed by atoms with E-state index < -0.39 is 0 Å². The van der Waals surface area contributed by atoms with Gasteiger partial charge in [-0.2, -0.15) is 0 Å². The molecule has 9 nitrogen and oxygen atoms in total. The average molecular weight is 579 g/mol. The number of aromatic nitrogens is 2. The van der Waals surface area contributed by atoms with Crippen molar-refractivity contribution in [3.05, 3.63) is 71.3 Å². The lowest BCUT2D eigenvalue weighted by atomic mass is 9.94. The van der Waals surface area contributed by atoms with Crippen LogP contribution >= 0.6 is 11.3 Å². The highest BCUT2D eigenvalue weighted by Gasteiger charge is 2.22. The number of hydrogen-bond acceptors (Lipinski definition) is 8. The zero-order valence-corrected chi connectivity index (χ0v) is 25.0. The van der Waals surface area contributed by atoms with Crippen LogP contribution in [0.3, 0.4) is 0 Å². The summed E-state index contributed by atoms with van der Waals surface area (Å²) in [4.78, 5) is 29.4. The molecule has 41 heavy (non-hydrogen) atoms. The quantitative estimate of drug-likeness (QED) is 0.254. The minimum atomic E-state index is -0.0847. The van der Waals surface area contributed by atoms with Crippen LogP contribution in [0.2, 0.25) is 0 Å². The number of nitrogens with zero attached hydrogens (tertiary/aromatic N) is 4. The van der Waals surface area contributed by atoms with Crippen molar-refractivity contribution >= 4 is 33.4 Å². The highest BCUT2D eigenvalue weighted by Crippen LogP contribution is 2.29. The Bertz CT molecular complexity index is 1230. The maximum absolute atomic E-state index is 12.5. The smallest absolute Gasteiger partial charge is 0.251 e. The van der Waals surface area contributed by atoms with Crippen molar-refractivity contribution < 1.29 is 14.3 Å². The Kier molecular flexibility index (Phi) is 12.1. The van der Waals surface area contributed by atoms with Gasteiger partial charge in [0.25, 0.3) is 5.91 Å². The predicted molar refractivity (Wildman–Crippen MR) is 164 cm³/mol. The van der Waals surface area contributed by atoms with Crippen LogP contribution < -0.4 is 15.5 Å². The minimum Gasteiger partial charge on any atom is -0.377 e. The molecule has 1 fully saturated rings. The summed E-state index contributed by atoms with van der Waals surface area (Å²) < 4.78 is 5.98. The Hall–Kier alpha value is -3.34. The summed E-state index contributed by atoms with van der Waals surface area (Å²) in [6.45, 7) is 10.8. The van der Waals surface area contributed by atoms with Crippen LogP contribution in [0.25, 0.3) is 0 Å². The molecule has 1 aliphatic heterocycles. The molecule has 2 heterocycles. The predicted octanol–water partition coefficient (Wildman–Crippen LogP) is 4.61. The summed E-state index contributed by atoms with van der Waals surface area (Å²) in [6, 6.07) is 17.4. The third-order valence-electron chi connectivity index (χ3n) is 7.49. The molecular weight excluding hydrogens is 536 g/mol. The number of rotatable bonds is 15. The van der Waals surface area contributed by atoms with Gasteiger partial charge in [0.05, 0.1) is 13.0 Å². The molecule has 4 rings (SSSR count). The molecule has 2 amide bonds. The summed E-state index contributed by atoms with van der Waals surface area (Å²) in [5.74, 6) is 0.480. The van der Waals surface area contributed by atoms with Crippen molar-refractivity contribution in [2.75, 3.05) is 56.1 Å². The van der Waals surface area contributed by atoms with Crippen LogP contribution in [0.5, 0.6) is 0 Å². The number of benzene rings is 2. The van der Waals surface area contributed by atoms with Gasteiger partial charge in [0.1, 0.15) is 0 Å². The van der Waals surface area contributed by atoms with Crippen LogP contribution in [0.4, 0.5) is 10.3 Å². The lowest BCUT2D eigenvalue weighted by Crippen LogP contribution is -2.34. The van der Waals surface area contributed by atoms with Gasteiger partial charge in [-0.1, -0.05) is 67.6 Å². The Balaban J connectivity index is 1.12. The van der Waals surface area contributed by atoms with Gasteiger partial charge in [-0.05, 0) is 61.5 Å². The van der Waals surface area contributed by atoms with E-state index in [4.69, 9.17) is 4.74 Å². The summed E-state index contributed by atoms with van der Waals surface area (Å²) in [6.07, 6.45) is 3.47. The van der Waals surface area contributed by atoms with Crippen LogP contribution in [-0.4, -0.2) is 72.8 Å². The van der Waals surface area contributed by atoms with Crippen LogP contribution in [-0.2, 0) is 22.6 Å². The van der Waals surface area contributed by atoms with Crippen LogP contribution in [0.15, 0.2) is 54.6 Å². The van der Waals surface area contributed by atoms with Gasteiger partial charge in [-0.15, -0.1) is 10.2 Å². The summed E-state index contributed by atoms with van der Waals surface area (Å²) >= 11 is 1.43. The van der Waals surface area contributed by atoms with Crippen LogP contribution in [0.1, 0.15) is 54.6 Å². The highest BCUT2D eigenvalue weighted by molar-refractivity contribution is 7.19. The number of ether oxygens (including phenoxy) is 1. The number of piperidine rings is 1. The largest absolute Gasteiger partial charge is 0.377 e. The van der Waals surface area contributed by atoms with Crippen molar-refractivity contribution in [3.8, 4) is 0 Å². The van der Waals surface area contributed by atoms with Gasteiger partial charge < -0.3 is 25.2 Å². The average Bonchev–Trinajstić information content (AvgIpc) is 3.46. The fraction of sp³-hybridized carbons (Fsp3) is 0.484. The summed E-state index contributed by atoms with van der Waals surface area (Å²) in [5.41, 5.74) is 2.66. The van der Waals surface area contributed by atoms with Gasteiger partial charge in [0, 0.05) is 38.3 Å². The van der Waals surface area contributed by atoms with E-state index in [-0.39, 0.29) is 11.8 Å². The third kappa shape index (κ3) is 9.91. The fourth-order valence-electron chi connectivity index (χ4n) is 4.96. The molecule has 2 aromatic carbocycles. The molecule has 2 N–H and O–H groups in total. The number of nitrogens with one attached hydrogen (secondary N) is 2. The van der Waals surface area contributed by atoms with Crippen molar-refractivity contribution in [2.45, 2.75) is 46.1 Å². The van der Waals surface area contributed by atoms with Crippen LogP contribution in [0, 0.1) is 5.92 Å². The van der Waals surface area contributed by atoms with E-state index in [2.05, 4.69) is 44.5 Å². The van der Waals surface area contributed by atoms with E-state index in [1.54, 1.807) is 0 Å². The standard InChI is InChI=1S/C31H42N6O3S/c1-3-36(4-2)19-16-32-29(39)27-12-8-11-26(21-27)23-40-20-15-24-13-17-37(18-14-24)31-35-34-30(41-31)33-28(38)22-25-9-6-5-7-10-25/h5-12,21,24H,3-4,13-20,22-23H2,1-2H3,(H,32,39)(H,33,34,38). The molecule has 0 aliphatic carbocycles. The first-order chi connectivity index (χ1) is 20.0. The fourth-order valence-corrected chi connectivity index (χ4v) is 5.78. The van der Waals surface area contributed by atoms with Gasteiger partial charge in [-0.25, -0.2) is 0 Å². The van der Waals surface area contributed by atoms with Crippen molar-refractivity contribution in [3.63, 3.8) is 0 Å². The molecule has 0 atom stereocenters. The van der Waals surface area contributed by atoms with Crippen molar-refractivity contribution in [2.24, 2.45) is 5.92 Å². The van der Waals surface area contributed by atoms with Gasteiger partial charge >= 0.3 is 0 Å². The number of likely N-dealkylation sites (N-methyl/N-ethyl adjacent to an activating group) is 1. The Labute approximate surface area is 247 Å². The molecule has 0 unspecified atom stereocenters. The molecule has 10 heteroatoms. The first kappa shape index (κ1) is 30.6. The Morgan fingerprint density at radius 3 is 2.54 bits per heavy atom. The van der Waals surface area contributed by atoms with E-state index in [1.165, 1.54) is 11.3 Å². The summed E-state index contributed by atoms with van der Waals surface area (Å²) in [5, 5.41) is 15.8. The van der Waals surface area contributed by atoms with Gasteiger partial charge in [0.2, 0.25) is 16.2 Å². The van der Waals surface area contributed by atoms with E-state index in [0.717, 1.165) is 68.2 Å². The second-order valence-electron chi connectivity index (χ2n) is 10.4. The Morgan fingerprint density at radius 2 is 1.78 bits per heavy atom. The number of carbonyl (C=O) groups is 2. The molecule has 3 aromatic rings. The second-order valence-corrected chi connectivity index (χ2v) is 11.3. The molecule has 220 valence electrons. The van der Waals surface area contributed by atoms with Crippen molar-refractivity contribution in [1.82, 2.24) is 20.4 Å². The van der Waals surface area contributed by atoms with E-state index in [0.29, 0.717) is 42.8 Å². The molecule has 1 saturated heterocycles. The second kappa shape index (κ2) is 16.2. The monoisotopic (exact) mass is 578 g/mol. The molecule has 0 radical (unpaired) electrons. The number of carbonyl (C=O) groups excluding carboxylic acids is 2. The maximum Gasteiger partial charge on any atom is 0.251 e. The minimum absolute atomic E-state index is 0.0390. The first-order valence-corrected chi connectivity index (χ1v) is 15.4. The zero-order valence-electron chi connectivity index (χ0n) is 24.2. The Morgan fingerprint density at radius 1 is 1.02 bits per heavy atom. The van der Waals surface area contributed by atoms with Gasteiger partial charge in [0.15, 0.2) is 0 Å². The summed E-state index contributed by atoms with van der Waals surface area (Å²) in [7, 11) is 0. The highest BCUT2D eigenvalue weighted by atomic mass is 32.1. The number of hydrogen-bond donors (Lipinski definition) is 2. The van der Waals surface area contributed by atoms with Gasteiger partial charge in [-0.3, -0.25) is 9.59 Å². The topological polar surface area (TPSA) is 99.7 Å². The van der Waals surface area contributed by atoms with E-state index in [9.17, 15) is 9.59 Å². The molecule has 0 spiro atoms. The van der Waals surface area contributed by atoms with Crippen molar-refractivity contribution in [1.29, 1.82) is 0 Å².